The van der Waals surface area contributed by atoms with Crippen LogP contribution in [-0.4, -0.2) is 67.0 Å². The summed E-state index contributed by atoms with van der Waals surface area (Å²) < 4.78 is 58.8. The van der Waals surface area contributed by atoms with Crippen LogP contribution >= 0.6 is 0 Å². The summed E-state index contributed by atoms with van der Waals surface area (Å²) in [6.07, 6.45) is -4.47. The lowest BCUT2D eigenvalue weighted by Gasteiger charge is -2.42. The highest BCUT2D eigenvalue weighted by Crippen LogP contribution is 2.64. The monoisotopic (exact) mass is 476 g/mol. The van der Waals surface area contributed by atoms with E-state index in [1.807, 2.05) is 11.9 Å². The zero-order valence-electron chi connectivity index (χ0n) is 18.5. The normalized spacial score (nSPS) is 37.9. The topological polar surface area (TPSA) is 87.4 Å². The number of hydrogen-bond acceptors (Lipinski definition) is 7. The molecule has 11 heteroatoms. The molecule has 1 aromatic rings. The van der Waals surface area contributed by atoms with E-state index in [2.05, 4.69) is 0 Å². The van der Waals surface area contributed by atoms with Crippen LogP contribution in [0.15, 0.2) is 23.3 Å². The fourth-order valence-electron chi connectivity index (χ4n) is 6.43. The summed E-state index contributed by atoms with van der Waals surface area (Å²) in [5.74, 6) is -1.24. The molecule has 6 rings (SSSR count). The molecule has 0 aliphatic carbocycles. The number of nitrogens with zero attached hydrogens (tertiary/aromatic N) is 4. The van der Waals surface area contributed by atoms with Crippen LogP contribution in [0, 0.1) is 23.2 Å². The highest BCUT2D eigenvalue weighted by Gasteiger charge is 2.77. The van der Waals surface area contributed by atoms with Crippen LogP contribution in [0.2, 0.25) is 0 Å². The molecule has 5 fully saturated rings. The van der Waals surface area contributed by atoms with Crippen molar-refractivity contribution in [1.29, 1.82) is 5.26 Å². The molecule has 5 saturated heterocycles. The molecule has 1 amide bonds. The first kappa shape index (κ1) is 21.8. The van der Waals surface area contributed by atoms with Gasteiger partial charge in [-0.05, 0) is 25.1 Å². The van der Waals surface area contributed by atoms with Gasteiger partial charge in [-0.1, -0.05) is 0 Å². The SMILES string of the molecule is C[C@@]12C/C(=N\N3CCOCC3)[C@]3(CCO[C@H]4[C@@H]3[C@@H]1C(=O)N4c1ccc(C#N)c(C(F)(F)F)c1)O2. The predicted molar refractivity (Wildman–Crippen MR) is 112 cm³/mol. The van der Waals surface area contributed by atoms with Crippen molar-refractivity contribution in [2.75, 3.05) is 37.8 Å². The maximum absolute atomic E-state index is 13.7. The number of amides is 1. The van der Waals surface area contributed by atoms with Crippen LogP contribution in [0.5, 0.6) is 0 Å². The summed E-state index contributed by atoms with van der Waals surface area (Å²) in [5, 5.41) is 16.0. The van der Waals surface area contributed by atoms with Crippen molar-refractivity contribution in [2.45, 2.75) is 43.4 Å². The Balaban J connectivity index is 1.41. The van der Waals surface area contributed by atoms with E-state index in [0.29, 0.717) is 39.1 Å². The number of hydrogen-bond donors (Lipinski definition) is 0. The summed E-state index contributed by atoms with van der Waals surface area (Å²) in [6, 6.07) is 4.94. The average Bonchev–Trinajstić information content (AvgIpc) is 3.37. The van der Waals surface area contributed by atoms with Crippen molar-refractivity contribution in [3.8, 4) is 6.07 Å². The van der Waals surface area contributed by atoms with Gasteiger partial charge in [0.1, 0.15) is 11.8 Å². The Bertz CT molecular complexity index is 1130. The van der Waals surface area contributed by atoms with E-state index in [0.717, 1.165) is 17.8 Å². The maximum atomic E-state index is 13.7. The minimum Gasteiger partial charge on any atom is -0.378 e. The van der Waals surface area contributed by atoms with Gasteiger partial charge in [-0.3, -0.25) is 14.7 Å². The first-order valence-electron chi connectivity index (χ1n) is 11.3. The highest BCUT2D eigenvalue weighted by molar-refractivity contribution is 6.06. The molecule has 0 saturated carbocycles. The molecule has 5 heterocycles. The molecule has 1 aromatic carbocycles. The van der Waals surface area contributed by atoms with Crippen LogP contribution in [-0.2, 0) is 25.2 Å². The number of carbonyl (C=O) groups excluding carboxylic acids is 1. The van der Waals surface area contributed by atoms with Gasteiger partial charge in [-0.2, -0.15) is 23.5 Å². The number of ether oxygens (including phenoxy) is 3. The lowest BCUT2D eigenvalue weighted by Crippen LogP contribution is -2.55. The quantitative estimate of drug-likeness (QED) is 0.652. The molecule has 34 heavy (non-hydrogen) atoms. The molecule has 5 atom stereocenters. The Kier molecular flexibility index (Phi) is 4.60. The van der Waals surface area contributed by atoms with Gasteiger partial charge in [0, 0.05) is 18.5 Å². The number of nitriles is 1. The van der Waals surface area contributed by atoms with Gasteiger partial charge in [-0.15, -0.1) is 0 Å². The van der Waals surface area contributed by atoms with Gasteiger partial charge in [0.25, 0.3) is 0 Å². The molecule has 0 N–H and O–H groups in total. The number of morpholine rings is 1. The number of anilines is 1. The van der Waals surface area contributed by atoms with Crippen molar-refractivity contribution in [1.82, 2.24) is 5.01 Å². The molecule has 0 unspecified atom stereocenters. The number of fused-ring (bicyclic) bond motifs is 2. The van der Waals surface area contributed by atoms with Crippen LogP contribution < -0.4 is 4.90 Å². The van der Waals surface area contributed by atoms with Crippen LogP contribution in [0.4, 0.5) is 18.9 Å². The zero-order valence-corrected chi connectivity index (χ0v) is 18.5. The largest absolute Gasteiger partial charge is 0.417 e. The molecule has 5 aliphatic heterocycles. The summed E-state index contributed by atoms with van der Waals surface area (Å²) in [7, 11) is 0. The van der Waals surface area contributed by atoms with Crippen molar-refractivity contribution >= 4 is 17.3 Å². The second kappa shape index (κ2) is 7.16. The van der Waals surface area contributed by atoms with Gasteiger partial charge in [0.15, 0.2) is 0 Å². The lowest BCUT2D eigenvalue weighted by atomic mass is 9.65. The minimum atomic E-state index is -4.72. The van der Waals surface area contributed by atoms with E-state index in [1.54, 1.807) is 6.07 Å². The molecule has 2 bridgehead atoms. The van der Waals surface area contributed by atoms with E-state index in [-0.39, 0.29) is 24.1 Å². The van der Waals surface area contributed by atoms with Crippen LogP contribution in [0.1, 0.15) is 30.9 Å². The smallest absolute Gasteiger partial charge is 0.378 e. The van der Waals surface area contributed by atoms with E-state index in [4.69, 9.17) is 24.6 Å². The second-order valence-electron chi connectivity index (χ2n) is 9.66. The Hall–Kier alpha value is -2.68. The highest BCUT2D eigenvalue weighted by atomic mass is 19.4. The molecule has 0 aromatic heterocycles. The van der Waals surface area contributed by atoms with Crippen molar-refractivity contribution in [3.05, 3.63) is 29.3 Å². The number of alkyl halides is 3. The standard InChI is InChI=1S/C23H23F3N4O4/c1-21-11-16(28-29-5-8-32-9-6-29)22(34-21)4-7-33-20-18(22)17(21)19(31)30(20)14-3-2-13(12-27)15(10-14)23(24,25)26/h2-3,10,17-18,20H,4-9,11H2,1H3/b28-16+/t17-,18+,20+,21-,22+/m1/s1. The maximum Gasteiger partial charge on any atom is 0.417 e. The number of hydrazone groups is 1. The van der Waals surface area contributed by atoms with Crippen LogP contribution in [0.25, 0.3) is 0 Å². The molecule has 180 valence electrons. The number of benzene rings is 1. The van der Waals surface area contributed by atoms with E-state index in [9.17, 15) is 18.0 Å². The third-order valence-corrected chi connectivity index (χ3v) is 7.76. The first-order valence-corrected chi connectivity index (χ1v) is 11.3. The van der Waals surface area contributed by atoms with Gasteiger partial charge in [-0.25, -0.2) is 0 Å². The lowest BCUT2D eigenvalue weighted by molar-refractivity contribution is -0.138. The predicted octanol–water partition coefficient (Wildman–Crippen LogP) is 2.52. The Morgan fingerprint density at radius 3 is 2.71 bits per heavy atom. The molecular formula is C23H23F3N4O4. The van der Waals surface area contributed by atoms with Gasteiger partial charge < -0.3 is 14.2 Å². The van der Waals surface area contributed by atoms with Gasteiger partial charge >= 0.3 is 6.18 Å². The number of halogens is 3. The number of carbonyl (C=O) groups is 1. The Morgan fingerprint density at radius 2 is 2.00 bits per heavy atom. The van der Waals surface area contributed by atoms with E-state index < -0.39 is 40.7 Å². The van der Waals surface area contributed by atoms with Gasteiger partial charge in [0.2, 0.25) is 5.91 Å². The minimum absolute atomic E-state index is 0.0717. The molecule has 0 radical (unpaired) electrons. The fraction of sp³-hybridized carbons (Fsp3) is 0.609. The van der Waals surface area contributed by atoms with Crippen molar-refractivity contribution in [2.24, 2.45) is 16.9 Å². The zero-order chi connectivity index (χ0) is 23.9. The molecular weight excluding hydrogens is 453 g/mol. The summed E-state index contributed by atoms with van der Waals surface area (Å²) in [6.45, 7) is 4.69. The summed E-state index contributed by atoms with van der Waals surface area (Å²) >= 11 is 0. The van der Waals surface area contributed by atoms with Crippen LogP contribution in [0.3, 0.4) is 0 Å². The summed E-state index contributed by atoms with van der Waals surface area (Å²) in [5.41, 5.74) is -2.21. The van der Waals surface area contributed by atoms with E-state index in [1.165, 1.54) is 11.0 Å². The van der Waals surface area contributed by atoms with Crippen molar-refractivity contribution < 1.29 is 32.2 Å². The third-order valence-electron chi connectivity index (χ3n) is 7.76. The van der Waals surface area contributed by atoms with Crippen molar-refractivity contribution in [3.63, 3.8) is 0 Å². The molecule has 5 aliphatic rings. The molecule has 1 spiro atoms. The third kappa shape index (κ3) is 2.88. The first-order chi connectivity index (χ1) is 16.2. The second-order valence-corrected chi connectivity index (χ2v) is 9.66. The fourth-order valence-corrected chi connectivity index (χ4v) is 6.43. The molecule has 8 nitrogen and oxygen atoms in total. The Morgan fingerprint density at radius 1 is 1.24 bits per heavy atom. The number of rotatable bonds is 2. The van der Waals surface area contributed by atoms with Gasteiger partial charge in [0.05, 0.1) is 73.3 Å². The summed E-state index contributed by atoms with van der Waals surface area (Å²) in [4.78, 5) is 15.0. The average molecular weight is 476 g/mol. The Labute approximate surface area is 193 Å². The van der Waals surface area contributed by atoms with E-state index >= 15 is 0 Å².